The summed E-state index contributed by atoms with van der Waals surface area (Å²) in [6.07, 6.45) is 3.46. The molecule has 146 valence electrons. The van der Waals surface area contributed by atoms with Crippen LogP contribution in [0, 0.1) is 5.41 Å². The first-order valence-electron chi connectivity index (χ1n) is 9.59. The first-order valence-corrected chi connectivity index (χ1v) is 9.59. The summed E-state index contributed by atoms with van der Waals surface area (Å²) in [5, 5.41) is 6.01. The predicted octanol–water partition coefficient (Wildman–Crippen LogP) is 3.98. The number of hydrogen-bond acceptors (Lipinski definition) is 4. The van der Waals surface area contributed by atoms with E-state index in [0.717, 1.165) is 12.0 Å². The lowest BCUT2D eigenvalue weighted by atomic mass is 9.79. The number of hydrogen-bond donors (Lipinski definition) is 0. The number of nitrogens with zero attached hydrogens (tertiary/aromatic N) is 3. The molecule has 0 spiro atoms. The molecular formula is C21H29N3O3. The molecule has 2 amide bonds. The Morgan fingerprint density at radius 1 is 1.15 bits per heavy atom. The van der Waals surface area contributed by atoms with E-state index in [2.05, 4.69) is 5.10 Å². The highest BCUT2D eigenvalue weighted by Crippen LogP contribution is 2.38. The molecule has 0 aliphatic carbocycles. The third-order valence-electron chi connectivity index (χ3n) is 5.26. The number of rotatable bonds is 2. The number of carbonyl (C=O) groups excluding carboxylic acids is 2. The minimum atomic E-state index is -0.521. The second-order valence-corrected chi connectivity index (χ2v) is 8.64. The molecule has 0 saturated carbocycles. The smallest absolute Gasteiger partial charge is 0.410 e. The van der Waals surface area contributed by atoms with Gasteiger partial charge in [-0.25, -0.2) is 9.80 Å². The Balaban J connectivity index is 1.65. The van der Waals surface area contributed by atoms with Gasteiger partial charge in [0.25, 0.3) is 0 Å². The number of benzene rings is 1. The summed E-state index contributed by atoms with van der Waals surface area (Å²) in [5.74, 6) is 0.0361. The summed E-state index contributed by atoms with van der Waals surface area (Å²) in [5.41, 5.74) is 0.0618. The summed E-state index contributed by atoms with van der Waals surface area (Å²) >= 11 is 0. The average molecular weight is 371 g/mol. The van der Waals surface area contributed by atoms with Crippen LogP contribution in [0.4, 0.5) is 4.79 Å². The largest absolute Gasteiger partial charge is 0.444 e. The lowest BCUT2D eigenvalue weighted by Crippen LogP contribution is -2.49. The van der Waals surface area contributed by atoms with Gasteiger partial charge in [0.1, 0.15) is 5.60 Å². The molecule has 6 heteroatoms. The molecule has 2 aliphatic heterocycles. The summed E-state index contributed by atoms with van der Waals surface area (Å²) in [6, 6.07) is 9.97. The number of piperidine rings is 1. The average Bonchev–Trinajstić information content (AvgIpc) is 3.10. The molecule has 0 bridgehead atoms. The highest BCUT2D eigenvalue weighted by molar-refractivity contribution is 5.85. The van der Waals surface area contributed by atoms with Gasteiger partial charge in [0.15, 0.2) is 0 Å². The van der Waals surface area contributed by atoms with Gasteiger partial charge in [-0.3, -0.25) is 4.79 Å². The molecule has 1 aromatic rings. The molecule has 0 radical (unpaired) electrons. The van der Waals surface area contributed by atoms with Crippen LogP contribution in [-0.2, 0) is 9.53 Å². The normalized spacial score (nSPS) is 22.0. The van der Waals surface area contributed by atoms with Crippen LogP contribution in [-0.4, -0.2) is 46.8 Å². The van der Waals surface area contributed by atoms with Crippen molar-refractivity contribution in [3.05, 3.63) is 35.9 Å². The highest BCUT2D eigenvalue weighted by Gasteiger charge is 2.44. The Morgan fingerprint density at radius 2 is 1.78 bits per heavy atom. The van der Waals surface area contributed by atoms with E-state index in [-0.39, 0.29) is 18.0 Å². The van der Waals surface area contributed by atoms with Crippen molar-refractivity contribution in [1.82, 2.24) is 9.91 Å². The fraction of sp³-hybridized carbons (Fsp3) is 0.571. The van der Waals surface area contributed by atoms with E-state index in [9.17, 15) is 9.59 Å². The molecule has 2 heterocycles. The third-order valence-corrected chi connectivity index (χ3v) is 5.26. The van der Waals surface area contributed by atoms with Crippen LogP contribution < -0.4 is 0 Å². The first-order chi connectivity index (χ1) is 12.7. The van der Waals surface area contributed by atoms with Gasteiger partial charge in [0.05, 0.1) is 11.5 Å². The van der Waals surface area contributed by atoms with Gasteiger partial charge in [-0.15, -0.1) is 0 Å². The molecule has 0 aromatic heterocycles. The predicted molar refractivity (Wildman–Crippen MR) is 104 cm³/mol. The van der Waals surface area contributed by atoms with Crippen LogP contribution in [0.2, 0.25) is 0 Å². The van der Waals surface area contributed by atoms with Gasteiger partial charge >= 0.3 is 6.09 Å². The zero-order valence-corrected chi connectivity index (χ0v) is 16.6. The van der Waals surface area contributed by atoms with Gasteiger partial charge in [-0.05, 0) is 39.2 Å². The lowest BCUT2D eigenvalue weighted by molar-refractivity contribution is -0.146. The maximum atomic E-state index is 13.3. The lowest BCUT2D eigenvalue weighted by Gasteiger charge is -2.40. The van der Waals surface area contributed by atoms with E-state index >= 15 is 0 Å². The van der Waals surface area contributed by atoms with Gasteiger partial charge in [0, 0.05) is 25.7 Å². The number of ether oxygens (including phenoxy) is 1. The molecule has 1 atom stereocenters. The number of amides is 2. The molecule has 6 nitrogen and oxygen atoms in total. The van der Waals surface area contributed by atoms with Crippen LogP contribution in [0.25, 0.3) is 0 Å². The van der Waals surface area contributed by atoms with Crippen molar-refractivity contribution in [3.8, 4) is 0 Å². The second-order valence-electron chi connectivity index (χ2n) is 8.64. The monoisotopic (exact) mass is 371 g/mol. The molecule has 1 saturated heterocycles. The Hall–Kier alpha value is -2.37. The second kappa shape index (κ2) is 7.33. The maximum Gasteiger partial charge on any atom is 0.410 e. The summed E-state index contributed by atoms with van der Waals surface area (Å²) in [7, 11) is 0. The van der Waals surface area contributed by atoms with E-state index in [4.69, 9.17) is 4.74 Å². The quantitative estimate of drug-likeness (QED) is 0.790. The fourth-order valence-corrected chi connectivity index (χ4v) is 3.56. The van der Waals surface area contributed by atoms with E-state index in [1.807, 2.05) is 64.2 Å². The van der Waals surface area contributed by atoms with Gasteiger partial charge in [-0.1, -0.05) is 37.3 Å². The number of likely N-dealkylation sites (tertiary alicyclic amines) is 1. The van der Waals surface area contributed by atoms with Crippen LogP contribution in [0.15, 0.2) is 35.4 Å². The molecule has 1 unspecified atom stereocenters. The van der Waals surface area contributed by atoms with Crippen LogP contribution in [0.3, 0.4) is 0 Å². The van der Waals surface area contributed by atoms with Crippen molar-refractivity contribution in [2.75, 3.05) is 13.1 Å². The molecular weight excluding hydrogens is 342 g/mol. The SMILES string of the molecule is CC(C)(C)OC(=O)N1CCC(C)(C(=O)N2N=CCC2c2ccccc2)CC1. The number of carbonyl (C=O) groups is 2. The number of hydrazone groups is 1. The van der Waals surface area contributed by atoms with Crippen LogP contribution >= 0.6 is 0 Å². The van der Waals surface area contributed by atoms with Crippen LogP contribution in [0.1, 0.15) is 58.6 Å². The van der Waals surface area contributed by atoms with Gasteiger partial charge in [0.2, 0.25) is 5.91 Å². The summed E-state index contributed by atoms with van der Waals surface area (Å²) in [6.45, 7) is 8.60. The molecule has 1 fully saturated rings. The zero-order chi connectivity index (χ0) is 19.7. The molecule has 1 aromatic carbocycles. The minimum absolute atomic E-state index is 0.0361. The Morgan fingerprint density at radius 3 is 2.37 bits per heavy atom. The van der Waals surface area contributed by atoms with Crippen molar-refractivity contribution in [1.29, 1.82) is 0 Å². The Bertz CT molecular complexity index is 716. The van der Waals surface area contributed by atoms with E-state index < -0.39 is 11.0 Å². The van der Waals surface area contributed by atoms with Gasteiger partial charge in [-0.2, -0.15) is 5.10 Å². The standard InChI is InChI=1S/C21H29N3O3/c1-20(2,3)27-19(26)23-14-11-21(4,12-15-23)18(25)24-17(10-13-22-24)16-8-6-5-7-9-16/h5-9,13,17H,10-12,14-15H2,1-4H3. The van der Waals surface area contributed by atoms with Gasteiger partial charge < -0.3 is 9.64 Å². The molecule has 2 aliphatic rings. The maximum absolute atomic E-state index is 13.3. The zero-order valence-electron chi connectivity index (χ0n) is 16.6. The summed E-state index contributed by atoms with van der Waals surface area (Å²) < 4.78 is 5.45. The fourth-order valence-electron chi connectivity index (χ4n) is 3.56. The van der Waals surface area contributed by atoms with Crippen molar-refractivity contribution < 1.29 is 14.3 Å². The molecule has 0 N–H and O–H groups in total. The molecule has 3 rings (SSSR count). The Labute approximate surface area is 161 Å². The minimum Gasteiger partial charge on any atom is -0.444 e. The Kier molecular flexibility index (Phi) is 5.27. The van der Waals surface area contributed by atoms with E-state index in [0.29, 0.717) is 25.9 Å². The highest BCUT2D eigenvalue weighted by atomic mass is 16.6. The van der Waals surface area contributed by atoms with Crippen molar-refractivity contribution >= 4 is 18.2 Å². The van der Waals surface area contributed by atoms with E-state index in [1.54, 1.807) is 9.91 Å². The summed E-state index contributed by atoms with van der Waals surface area (Å²) in [4.78, 5) is 27.3. The molecule has 27 heavy (non-hydrogen) atoms. The van der Waals surface area contributed by atoms with Crippen LogP contribution in [0.5, 0.6) is 0 Å². The topological polar surface area (TPSA) is 62.2 Å². The van der Waals surface area contributed by atoms with Crippen molar-refractivity contribution in [2.45, 2.75) is 58.6 Å². The van der Waals surface area contributed by atoms with Crippen molar-refractivity contribution in [2.24, 2.45) is 10.5 Å². The third kappa shape index (κ3) is 4.31. The van der Waals surface area contributed by atoms with Crippen molar-refractivity contribution in [3.63, 3.8) is 0 Å². The first kappa shape index (κ1) is 19.4. The van der Waals surface area contributed by atoms with E-state index in [1.165, 1.54) is 0 Å².